The highest BCUT2D eigenvalue weighted by molar-refractivity contribution is 9.10. The molecule has 3 rings (SSSR count). The van der Waals surface area contributed by atoms with E-state index in [1.807, 2.05) is 0 Å². The Morgan fingerprint density at radius 3 is 2.82 bits per heavy atom. The Morgan fingerprint density at radius 1 is 1.43 bits per heavy atom. The minimum atomic E-state index is -0.522. The van der Waals surface area contributed by atoms with Crippen LogP contribution in [-0.2, 0) is 4.74 Å². The summed E-state index contributed by atoms with van der Waals surface area (Å²) in [6.07, 6.45) is 0. The predicted molar refractivity (Wildman–Crippen MR) is 114 cm³/mol. The summed E-state index contributed by atoms with van der Waals surface area (Å²) in [7, 11) is 0. The van der Waals surface area contributed by atoms with E-state index in [9.17, 15) is 9.18 Å². The first-order valence-corrected chi connectivity index (χ1v) is 11.2. The van der Waals surface area contributed by atoms with Gasteiger partial charge in [-0.15, -0.1) is 11.8 Å². The lowest BCUT2D eigenvalue weighted by atomic mass is 10.0. The molecule has 3 aromatic rings. The van der Waals surface area contributed by atoms with Crippen LogP contribution in [0.25, 0.3) is 16.3 Å². The van der Waals surface area contributed by atoms with Crippen LogP contribution in [0.2, 0.25) is 0 Å². The summed E-state index contributed by atoms with van der Waals surface area (Å²) in [5, 5.41) is 5.47. The molecule has 0 bridgehead atoms. The van der Waals surface area contributed by atoms with Crippen LogP contribution in [-0.4, -0.2) is 32.6 Å². The summed E-state index contributed by atoms with van der Waals surface area (Å²) < 4.78 is 22.3. The molecule has 5 nitrogen and oxygen atoms in total. The fourth-order valence-corrected chi connectivity index (χ4v) is 5.72. The maximum absolute atomic E-state index is 13.8. The molecular weight excluding hydrogens is 465 g/mol. The molecule has 0 saturated carbocycles. The maximum Gasteiger partial charge on any atom is 0.357 e. The van der Waals surface area contributed by atoms with Crippen molar-refractivity contribution in [3.05, 3.63) is 46.1 Å². The number of thiazole rings is 1. The lowest BCUT2D eigenvalue weighted by Crippen LogP contribution is -2.13. The Bertz CT molecular complexity index is 1020. The summed E-state index contributed by atoms with van der Waals surface area (Å²) in [5.41, 5.74) is 1.95. The molecule has 1 aromatic carbocycles. The van der Waals surface area contributed by atoms with Gasteiger partial charge in [0.05, 0.1) is 16.5 Å². The van der Waals surface area contributed by atoms with E-state index in [1.165, 1.54) is 28.2 Å². The molecule has 0 aliphatic rings. The minimum Gasteiger partial charge on any atom is -0.461 e. The van der Waals surface area contributed by atoms with Crippen molar-refractivity contribution in [3.8, 4) is 16.3 Å². The second kappa shape index (κ2) is 8.75. The van der Waals surface area contributed by atoms with E-state index in [2.05, 4.69) is 39.9 Å². The molecule has 0 spiro atoms. The van der Waals surface area contributed by atoms with E-state index in [4.69, 9.17) is 4.74 Å². The number of halogens is 2. The summed E-state index contributed by atoms with van der Waals surface area (Å²) >= 11 is 6.60. The Morgan fingerprint density at radius 2 is 2.18 bits per heavy atom. The van der Waals surface area contributed by atoms with Gasteiger partial charge in [-0.3, -0.25) is 0 Å². The molecule has 0 amide bonds. The number of aryl methyl sites for hydroxylation is 1. The van der Waals surface area contributed by atoms with Gasteiger partial charge in [-0.1, -0.05) is 37.3 Å². The maximum atomic E-state index is 13.8. The highest BCUT2D eigenvalue weighted by Crippen LogP contribution is 2.38. The molecule has 0 aliphatic carbocycles. The van der Waals surface area contributed by atoms with Gasteiger partial charge < -0.3 is 4.74 Å². The number of esters is 1. The molecule has 0 fully saturated rings. The number of benzene rings is 1. The van der Waals surface area contributed by atoms with Gasteiger partial charge in [0, 0.05) is 10.8 Å². The van der Waals surface area contributed by atoms with Crippen molar-refractivity contribution in [2.24, 2.45) is 0 Å². The van der Waals surface area contributed by atoms with Crippen LogP contribution < -0.4 is 0 Å². The Balaban J connectivity index is 2.20. The number of thioether (sulfide) groups is 1. The molecule has 28 heavy (non-hydrogen) atoms. The van der Waals surface area contributed by atoms with Gasteiger partial charge in [0.25, 0.3) is 0 Å². The summed E-state index contributed by atoms with van der Waals surface area (Å²) in [5.74, 6) is -0.904. The van der Waals surface area contributed by atoms with Crippen LogP contribution in [0.3, 0.4) is 0 Å². The monoisotopic (exact) mass is 483 g/mol. The average molecular weight is 484 g/mol. The fraction of sp³-hybridized carbons (Fsp3) is 0.316. The third-order valence-electron chi connectivity index (χ3n) is 3.71. The van der Waals surface area contributed by atoms with E-state index in [-0.39, 0.29) is 18.1 Å². The number of rotatable bonds is 6. The number of hydrogen-bond acceptors (Lipinski definition) is 6. The standard InChI is InChI=1S/C19H19BrFN3O2S2/c1-5-26-17(25)15-14(12-7-6-8-13(21)9-12)11(4)23-24(15)19-22-16(20)18(28-19)27-10(2)3/h6-10H,5H2,1-4H3. The molecule has 0 saturated heterocycles. The van der Waals surface area contributed by atoms with Gasteiger partial charge in [0.1, 0.15) is 10.4 Å². The predicted octanol–water partition coefficient (Wildman–Crippen LogP) is 5.88. The lowest BCUT2D eigenvalue weighted by Gasteiger charge is -2.07. The smallest absolute Gasteiger partial charge is 0.357 e. The van der Waals surface area contributed by atoms with E-state index >= 15 is 0 Å². The highest BCUT2D eigenvalue weighted by atomic mass is 79.9. The van der Waals surface area contributed by atoms with Gasteiger partial charge >= 0.3 is 5.97 Å². The zero-order chi connectivity index (χ0) is 20.4. The molecule has 148 valence electrons. The van der Waals surface area contributed by atoms with Crippen LogP contribution in [0.1, 0.15) is 37.0 Å². The van der Waals surface area contributed by atoms with Gasteiger partial charge in [-0.25, -0.2) is 14.2 Å². The number of aromatic nitrogens is 3. The number of carbonyl (C=O) groups is 1. The topological polar surface area (TPSA) is 57.0 Å². The molecule has 2 aromatic heterocycles. The molecule has 0 radical (unpaired) electrons. The Kier molecular flexibility index (Phi) is 6.57. The van der Waals surface area contributed by atoms with E-state index < -0.39 is 5.97 Å². The normalized spacial score (nSPS) is 11.2. The molecule has 2 heterocycles. The molecule has 0 N–H and O–H groups in total. The number of hydrogen-bond donors (Lipinski definition) is 0. The van der Waals surface area contributed by atoms with Gasteiger partial charge in [-0.2, -0.15) is 9.78 Å². The third kappa shape index (κ3) is 4.31. The van der Waals surface area contributed by atoms with Crippen molar-refractivity contribution in [3.63, 3.8) is 0 Å². The van der Waals surface area contributed by atoms with Crippen LogP contribution in [0.5, 0.6) is 0 Å². The summed E-state index contributed by atoms with van der Waals surface area (Å²) in [6.45, 7) is 7.94. The molecular formula is C19H19BrFN3O2S2. The van der Waals surface area contributed by atoms with E-state index in [0.717, 1.165) is 4.21 Å². The largest absolute Gasteiger partial charge is 0.461 e. The first-order chi connectivity index (χ1) is 13.3. The van der Waals surface area contributed by atoms with Crippen molar-refractivity contribution in [2.45, 2.75) is 37.2 Å². The van der Waals surface area contributed by atoms with E-state index in [1.54, 1.807) is 37.7 Å². The van der Waals surface area contributed by atoms with Crippen molar-refractivity contribution >= 4 is 45.0 Å². The number of carbonyl (C=O) groups excluding carboxylic acids is 1. The zero-order valence-corrected chi connectivity index (χ0v) is 19.0. The average Bonchev–Trinajstić information content (AvgIpc) is 3.15. The first-order valence-electron chi connectivity index (χ1n) is 8.67. The summed E-state index contributed by atoms with van der Waals surface area (Å²) in [4.78, 5) is 17.3. The van der Waals surface area contributed by atoms with Crippen molar-refractivity contribution in [2.75, 3.05) is 6.61 Å². The van der Waals surface area contributed by atoms with Gasteiger partial charge in [-0.05, 0) is 47.5 Å². The van der Waals surface area contributed by atoms with Crippen molar-refractivity contribution < 1.29 is 13.9 Å². The first kappa shape index (κ1) is 21.0. The fourth-order valence-electron chi connectivity index (χ4n) is 2.70. The second-order valence-corrected chi connectivity index (χ2v) is 9.77. The SMILES string of the molecule is CCOC(=O)c1c(-c2cccc(F)c2)c(C)nn1-c1nc(Br)c(SC(C)C)s1. The number of ether oxygens (including phenoxy) is 1. The molecule has 9 heteroatoms. The molecule has 0 aliphatic heterocycles. The Hall–Kier alpha value is -1.71. The lowest BCUT2D eigenvalue weighted by molar-refractivity contribution is 0.0516. The molecule has 0 unspecified atom stereocenters. The van der Waals surface area contributed by atoms with Crippen LogP contribution in [0.15, 0.2) is 33.1 Å². The minimum absolute atomic E-state index is 0.224. The van der Waals surface area contributed by atoms with Gasteiger partial charge in [0.2, 0.25) is 5.13 Å². The van der Waals surface area contributed by atoms with Gasteiger partial charge in [0.15, 0.2) is 5.69 Å². The number of nitrogens with zero attached hydrogens (tertiary/aromatic N) is 3. The van der Waals surface area contributed by atoms with Crippen molar-refractivity contribution in [1.29, 1.82) is 0 Å². The quantitative estimate of drug-likeness (QED) is 0.323. The molecule has 0 atom stereocenters. The highest BCUT2D eigenvalue weighted by Gasteiger charge is 2.27. The van der Waals surface area contributed by atoms with E-state index in [0.29, 0.717) is 31.8 Å². The Labute approximate surface area is 179 Å². The zero-order valence-electron chi connectivity index (χ0n) is 15.8. The van der Waals surface area contributed by atoms with Crippen LogP contribution in [0.4, 0.5) is 4.39 Å². The van der Waals surface area contributed by atoms with Crippen LogP contribution >= 0.6 is 39.0 Å². The summed E-state index contributed by atoms with van der Waals surface area (Å²) in [6, 6.07) is 6.10. The van der Waals surface area contributed by atoms with Crippen molar-refractivity contribution in [1.82, 2.24) is 14.8 Å². The van der Waals surface area contributed by atoms with Crippen LogP contribution in [0, 0.1) is 12.7 Å². The second-order valence-electron chi connectivity index (χ2n) is 6.19. The third-order valence-corrected chi connectivity index (χ3v) is 7.05.